The van der Waals surface area contributed by atoms with Crippen LogP contribution in [0.5, 0.6) is 0 Å². The van der Waals surface area contributed by atoms with E-state index in [2.05, 4.69) is 29.0 Å². The summed E-state index contributed by atoms with van der Waals surface area (Å²) >= 11 is 0. The third-order valence-corrected chi connectivity index (χ3v) is 5.22. The van der Waals surface area contributed by atoms with Gasteiger partial charge in [0.15, 0.2) is 0 Å². The molecule has 5 nitrogen and oxygen atoms in total. The van der Waals surface area contributed by atoms with Crippen LogP contribution in [0.3, 0.4) is 0 Å². The summed E-state index contributed by atoms with van der Waals surface area (Å²) in [6.45, 7) is 6.08. The molecule has 3 rings (SSSR count). The Morgan fingerprint density at radius 3 is 2.85 bits per heavy atom. The number of nitrogens with one attached hydrogen (secondary N) is 1. The molecule has 0 spiro atoms. The van der Waals surface area contributed by atoms with Gasteiger partial charge < -0.3 is 19.9 Å². The first-order chi connectivity index (χ1) is 12.8. The molecule has 0 saturated carbocycles. The minimum Gasteiger partial charge on any atom is -0.390 e. The number of benzene rings is 1. The maximum absolute atomic E-state index is 14.0. The van der Waals surface area contributed by atoms with Gasteiger partial charge in [-0.2, -0.15) is 0 Å². The van der Waals surface area contributed by atoms with Crippen LogP contribution in [0.4, 0.5) is 8.78 Å². The van der Waals surface area contributed by atoms with Gasteiger partial charge in [0.1, 0.15) is 17.5 Å². The number of hydrogen-bond acceptors (Lipinski definition) is 4. The molecule has 7 heteroatoms. The summed E-state index contributed by atoms with van der Waals surface area (Å²) in [5, 5.41) is 13.6. The average Bonchev–Trinajstić information content (AvgIpc) is 3.02. The smallest absolute Gasteiger partial charge is 0.135 e. The van der Waals surface area contributed by atoms with Crippen LogP contribution < -0.4 is 5.32 Å². The standard InChI is InChI=1S/C20H28F2N4O/c1-13(2)25(3)11-16(27)9-23-15-5-7-20-24-19(12-26(20)10-15)17-6-4-14(21)8-18(17)22/h4,6,8,12-13,15-16,23,27H,5,7,9-11H2,1-3H3/t15?,16-/m1/s1. The van der Waals surface area contributed by atoms with E-state index in [-0.39, 0.29) is 6.04 Å². The number of likely N-dealkylation sites (N-methyl/N-ethyl adjacent to an activating group) is 1. The molecule has 0 amide bonds. The fraction of sp³-hybridized carbons (Fsp3) is 0.550. The van der Waals surface area contributed by atoms with Gasteiger partial charge in [-0.1, -0.05) is 0 Å². The normalized spacial score (nSPS) is 18.1. The molecule has 2 atom stereocenters. The first-order valence-electron chi connectivity index (χ1n) is 9.46. The number of hydrogen-bond donors (Lipinski definition) is 2. The van der Waals surface area contributed by atoms with Gasteiger partial charge in [-0.25, -0.2) is 13.8 Å². The maximum atomic E-state index is 14.0. The zero-order chi connectivity index (χ0) is 19.6. The number of aliphatic hydroxyl groups is 1. The molecule has 0 aliphatic carbocycles. The molecule has 1 aromatic heterocycles. The van der Waals surface area contributed by atoms with Crippen LogP contribution in [-0.2, 0) is 13.0 Å². The summed E-state index contributed by atoms with van der Waals surface area (Å²) in [7, 11) is 2.00. The highest BCUT2D eigenvalue weighted by atomic mass is 19.1. The van der Waals surface area contributed by atoms with Crippen molar-refractivity contribution in [2.75, 3.05) is 20.1 Å². The van der Waals surface area contributed by atoms with Crippen LogP contribution in [0.2, 0.25) is 0 Å². The Morgan fingerprint density at radius 1 is 1.37 bits per heavy atom. The SMILES string of the molecule is CC(C)N(C)C[C@H](O)CNC1CCc2nc(-c3ccc(F)cc3F)cn2C1. The number of aryl methyl sites for hydroxylation is 1. The molecule has 1 aliphatic rings. The van der Waals surface area contributed by atoms with Crippen molar-refractivity contribution in [2.45, 2.75) is 51.4 Å². The van der Waals surface area contributed by atoms with Crippen molar-refractivity contribution < 1.29 is 13.9 Å². The van der Waals surface area contributed by atoms with Crippen molar-refractivity contribution in [3.63, 3.8) is 0 Å². The Balaban J connectivity index is 1.59. The number of imidazole rings is 1. The van der Waals surface area contributed by atoms with Crippen LogP contribution in [0, 0.1) is 11.6 Å². The molecule has 1 aromatic carbocycles. The van der Waals surface area contributed by atoms with Crippen molar-refractivity contribution in [1.29, 1.82) is 0 Å². The zero-order valence-corrected chi connectivity index (χ0v) is 16.1. The Hall–Kier alpha value is -1.83. The van der Waals surface area contributed by atoms with Gasteiger partial charge >= 0.3 is 0 Å². The molecule has 1 unspecified atom stereocenters. The molecule has 2 aromatic rings. The van der Waals surface area contributed by atoms with Crippen molar-refractivity contribution in [2.24, 2.45) is 0 Å². The summed E-state index contributed by atoms with van der Waals surface area (Å²) in [6, 6.07) is 4.19. The van der Waals surface area contributed by atoms with Crippen molar-refractivity contribution in [1.82, 2.24) is 19.8 Å². The summed E-state index contributed by atoms with van der Waals surface area (Å²) in [6.07, 6.45) is 3.09. The fourth-order valence-corrected chi connectivity index (χ4v) is 3.35. The van der Waals surface area contributed by atoms with Gasteiger partial charge in [0.05, 0.1) is 11.8 Å². The molecule has 0 radical (unpaired) electrons. The first kappa shape index (κ1) is 19.9. The maximum Gasteiger partial charge on any atom is 0.135 e. The average molecular weight is 378 g/mol. The van der Waals surface area contributed by atoms with E-state index in [1.54, 1.807) is 0 Å². The predicted molar refractivity (Wildman–Crippen MR) is 101 cm³/mol. The molecule has 1 aliphatic heterocycles. The number of aromatic nitrogens is 2. The van der Waals surface area contributed by atoms with E-state index in [9.17, 15) is 13.9 Å². The Labute approximate surface area is 159 Å². The Kier molecular flexibility index (Phi) is 6.24. The van der Waals surface area contributed by atoms with E-state index in [1.807, 2.05) is 17.8 Å². The van der Waals surface area contributed by atoms with Crippen LogP contribution in [0.25, 0.3) is 11.3 Å². The van der Waals surface area contributed by atoms with Gasteiger partial charge in [0.25, 0.3) is 0 Å². The van der Waals surface area contributed by atoms with E-state index in [1.165, 1.54) is 12.1 Å². The summed E-state index contributed by atoms with van der Waals surface area (Å²) in [4.78, 5) is 6.63. The van der Waals surface area contributed by atoms with Crippen molar-refractivity contribution >= 4 is 0 Å². The molecule has 0 bridgehead atoms. The summed E-state index contributed by atoms with van der Waals surface area (Å²) < 4.78 is 29.2. The number of fused-ring (bicyclic) bond motifs is 1. The van der Waals surface area contributed by atoms with Crippen molar-refractivity contribution in [3.05, 3.63) is 41.9 Å². The topological polar surface area (TPSA) is 53.3 Å². The quantitative estimate of drug-likeness (QED) is 0.777. The van der Waals surface area contributed by atoms with Gasteiger partial charge in [0.2, 0.25) is 0 Å². The number of nitrogens with zero attached hydrogens (tertiary/aromatic N) is 3. The van der Waals surface area contributed by atoms with E-state index >= 15 is 0 Å². The molecule has 2 heterocycles. The highest BCUT2D eigenvalue weighted by Crippen LogP contribution is 2.25. The highest BCUT2D eigenvalue weighted by Gasteiger charge is 2.22. The second-order valence-corrected chi connectivity index (χ2v) is 7.65. The fourth-order valence-electron chi connectivity index (χ4n) is 3.35. The second kappa shape index (κ2) is 8.46. The third kappa shape index (κ3) is 4.91. The molecular formula is C20H28F2N4O. The molecular weight excluding hydrogens is 350 g/mol. The molecule has 0 fully saturated rings. The van der Waals surface area contributed by atoms with E-state index in [0.29, 0.717) is 30.4 Å². The molecule has 0 saturated heterocycles. The van der Waals surface area contributed by atoms with E-state index in [0.717, 1.165) is 31.3 Å². The number of halogens is 2. The minimum atomic E-state index is -0.600. The van der Waals surface area contributed by atoms with Crippen LogP contribution in [0.15, 0.2) is 24.4 Å². The van der Waals surface area contributed by atoms with Gasteiger partial charge in [-0.3, -0.25) is 0 Å². The predicted octanol–water partition coefficient (Wildman–Crippen LogP) is 2.43. The van der Waals surface area contributed by atoms with E-state index < -0.39 is 17.7 Å². The number of aliphatic hydroxyl groups excluding tert-OH is 1. The Morgan fingerprint density at radius 2 is 2.15 bits per heavy atom. The molecule has 2 N–H and O–H groups in total. The second-order valence-electron chi connectivity index (χ2n) is 7.65. The van der Waals surface area contributed by atoms with Crippen LogP contribution in [0.1, 0.15) is 26.1 Å². The zero-order valence-electron chi connectivity index (χ0n) is 16.1. The molecule has 27 heavy (non-hydrogen) atoms. The molecule has 148 valence electrons. The summed E-state index contributed by atoms with van der Waals surface area (Å²) in [5.41, 5.74) is 0.844. The monoisotopic (exact) mass is 378 g/mol. The third-order valence-electron chi connectivity index (χ3n) is 5.22. The first-order valence-corrected chi connectivity index (χ1v) is 9.46. The van der Waals surface area contributed by atoms with Crippen LogP contribution >= 0.6 is 0 Å². The van der Waals surface area contributed by atoms with Gasteiger partial charge in [0, 0.05) is 56.0 Å². The van der Waals surface area contributed by atoms with Gasteiger partial charge in [-0.15, -0.1) is 0 Å². The van der Waals surface area contributed by atoms with Crippen molar-refractivity contribution in [3.8, 4) is 11.3 Å². The van der Waals surface area contributed by atoms with E-state index in [4.69, 9.17) is 0 Å². The lowest BCUT2D eigenvalue weighted by Crippen LogP contribution is -2.44. The lowest BCUT2D eigenvalue weighted by molar-refractivity contribution is 0.106. The lowest BCUT2D eigenvalue weighted by atomic mass is 10.1. The number of rotatable bonds is 7. The highest BCUT2D eigenvalue weighted by molar-refractivity contribution is 5.59. The largest absolute Gasteiger partial charge is 0.390 e. The minimum absolute atomic E-state index is 0.233. The summed E-state index contributed by atoms with van der Waals surface area (Å²) in [5.74, 6) is -0.282. The van der Waals surface area contributed by atoms with Gasteiger partial charge in [-0.05, 0) is 39.4 Å². The Bertz CT molecular complexity index is 777. The van der Waals surface area contributed by atoms with Crippen LogP contribution in [-0.4, -0.2) is 57.9 Å². The lowest BCUT2D eigenvalue weighted by Gasteiger charge is -2.28.